The Morgan fingerprint density at radius 2 is 2.19 bits per heavy atom. The predicted molar refractivity (Wildman–Crippen MR) is 106 cm³/mol. The Bertz CT molecular complexity index is 1010. The third-order valence-corrected chi connectivity index (χ3v) is 6.33. The van der Waals surface area contributed by atoms with Gasteiger partial charge in [-0.1, -0.05) is 36.2 Å². The molecule has 1 unspecified atom stereocenters. The number of nitrogens with one attached hydrogen (secondary N) is 1. The Morgan fingerprint density at radius 3 is 2.89 bits per heavy atom. The number of carbonyl (C=O) groups excluding carboxylic acids is 1. The number of aromatic amines is 1. The first-order valence-electron chi connectivity index (χ1n) is 8.83. The normalized spacial score (nSPS) is 22.1. The Hall–Kier alpha value is -1.95. The van der Waals surface area contributed by atoms with Crippen molar-refractivity contribution in [1.29, 1.82) is 0 Å². The van der Waals surface area contributed by atoms with Crippen LogP contribution in [0.4, 0.5) is 0 Å². The molecule has 7 heteroatoms. The average molecular weight is 407 g/mol. The molecule has 27 heavy (non-hydrogen) atoms. The SMILES string of the molecule is CC1(c2cc(Cl)c(Cl)c3[nH]c4c(c23)CN(C(=O)CO)CC4)C=C(O)C=CC1. The van der Waals surface area contributed by atoms with Crippen LogP contribution in [-0.2, 0) is 23.2 Å². The molecule has 1 atom stereocenters. The number of benzene rings is 1. The van der Waals surface area contributed by atoms with E-state index in [9.17, 15) is 15.0 Å². The molecule has 4 rings (SSSR count). The van der Waals surface area contributed by atoms with Crippen molar-refractivity contribution < 1.29 is 15.0 Å². The van der Waals surface area contributed by atoms with E-state index in [2.05, 4.69) is 4.98 Å². The molecule has 2 aromatic rings. The Labute approximate surface area is 166 Å². The number of rotatable bonds is 2. The van der Waals surface area contributed by atoms with Gasteiger partial charge in [-0.05, 0) is 30.2 Å². The lowest BCUT2D eigenvalue weighted by atomic mass is 9.75. The second-order valence-corrected chi connectivity index (χ2v) is 8.15. The second-order valence-electron chi connectivity index (χ2n) is 7.37. The third-order valence-electron chi connectivity index (χ3n) is 5.54. The van der Waals surface area contributed by atoms with Crippen LogP contribution in [-0.4, -0.2) is 39.2 Å². The molecule has 0 radical (unpaired) electrons. The highest BCUT2D eigenvalue weighted by Gasteiger charge is 2.33. The Balaban J connectivity index is 1.96. The molecule has 0 bridgehead atoms. The molecule has 1 aromatic carbocycles. The summed E-state index contributed by atoms with van der Waals surface area (Å²) in [6, 6.07) is 1.86. The lowest BCUT2D eigenvalue weighted by Crippen LogP contribution is -2.37. The number of nitrogens with zero attached hydrogens (tertiary/aromatic N) is 1. The number of aliphatic hydroxyl groups excluding tert-OH is 2. The quantitative estimate of drug-likeness (QED) is 0.704. The van der Waals surface area contributed by atoms with Gasteiger partial charge in [0.2, 0.25) is 5.91 Å². The van der Waals surface area contributed by atoms with E-state index in [0.29, 0.717) is 36.0 Å². The number of aromatic nitrogens is 1. The highest BCUT2D eigenvalue weighted by Crippen LogP contribution is 2.45. The fraction of sp³-hybridized carbons (Fsp3) is 0.350. The molecule has 5 nitrogen and oxygen atoms in total. The molecule has 1 aromatic heterocycles. The summed E-state index contributed by atoms with van der Waals surface area (Å²) in [7, 11) is 0. The zero-order chi connectivity index (χ0) is 19.3. The van der Waals surface area contributed by atoms with E-state index in [1.54, 1.807) is 11.0 Å². The number of aliphatic hydroxyl groups is 2. The zero-order valence-electron chi connectivity index (χ0n) is 14.9. The van der Waals surface area contributed by atoms with E-state index in [4.69, 9.17) is 23.2 Å². The summed E-state index contributed by atoms with van der Waals surface area (Å²) in [6.07, 6.45) is 6.81. The van der Waals surface area contributed by atoms with Gasteiger partial charge in [-0.15, -0.1) is 0 Å². The van der Waals surface area contributed by atoms with Crippen LogP contribution in [0.3, 0.4) is 0 Å². The third kappa shape index (κ3) is 2.94. The minimum Gasteiger partial charge on any atom is -0.508 e. The van der Waals surface area contributed by atoms with E-state index in [1.807, 2.05) is 25.1 Å². The first kappa shape index (κ1) is 18.4. The largest absolute Gasteiger partial charge is 0.508 e. The maximum atomic E-state index is 12.0. The van der Waals surface area contributed by atoms with Crippen molar-refractivity contribution in [3.8, 4) is 0 Å². The number of H-pyrrole nitrogens is 1. The molecule has 1 aliphatic carbocycles. The highest BCUT2D eigenvalue weighted by atomic mass is 35.5. The van der Waals surface area contributed by atoms with Crippen LogP contribution in [0.1, 0.15) is 30.2 Å². The van der Waals surface area contributed by atoms with Crippen molar-refractivity contribution in [3.63, 3.8) is 0 Å². The minimum atomic E-state index is -0.504. The molecule has 0 spiro atoms. The molecular formula is C20H20Cl2N2O3. The van der Waals surface area contributed by atoms with E-state index in [0.717, 1.165) is 27.7 Å². The van der Waals surface area contributed by atoms with Gasteiger partial charge in [0.15, 0.2) is 0 Å². The number of amides is 1. The van der Waals surface area contributed by atoms with Gasteiger partial charge in [-0.25, -0.2) is 0 Å². The summed E-state index contributed by atoms with van der Waals surface area (Å²) >= 11 is 12.9. The maximum Gasteiger partial charge on any atom is 0.248 e. The van der Waals surface area contributed by atoms with Gasteiger partial charge in [0, 0.05) is 41.6 Å². The van der Waals surface area contributed by atoms with Gasteiger partial charge >= 0.3 is 0 Å². The van der Waals surface area contributed by atoms with E-state index in [-0.39, 0.29) is 11.7 Å². The van der Waals surface area contributed by atoms with Crippen LogP contribution >= 0.6 is 23.2 Å². The Morgan fingerprint density at radius 1 is 1.41 bits per heavy atom. The predicted octanol–water partition coefficient (Wildman–Crippen LogP) is 4.01. The summed E-state index contributed by atoms with van der Waals surface area (Å²) in [5.41, 5.74) is 3.28. The van der Waals surface area contributed by atoms with E-state index >= 15 is 0 Å². The first-order chi connectivity index (χ1) is 12.8. The van der Waals surface area contributed by atoms with Crippen LogP contribution in [0.15, 0.2) is 30.1 Å². The molecular weight excluding hydrogens is 387 g/mol. The smallest absolute Gasteiger partial charge is 0.248 e. The standard InChI is InChI=1S/C20H20Cl2N2O3/c1-20(5-2-3-11(26)8-20)13-7-14(21)18(22)19-17(13)12-9-24(16(27)10-25)6-4-15(12)23-19/h2-3,7-8,23,25-26H,4-6,9-10H2,1H3. The number of fused-ring (bicyclic) bond motifs is 3. The van der Waals surface area contributed by atoms with Crippen molar-refractivity contribution >= 4 is 40.0 Å². The minimum absolute atomic E-state index is 0.212. The van der Waals surface area contributed by atoms with Gasteiger partial charge in [0.1, 0.15) is 12.4 Å². The Kier molecular flexibility index (Phi) is 4.49. The monoisotopic (exact) mass is 406 g/mol. The summed E-state index contributed by atoms with van der Waals surface area (Å²) in [5.74, 6) is -0.0783. The van der Waals surface area contributed by atoms with Gasteiger partial charge in [0.25, 0.3) is 0 Å². The van der Waals surface area contributed by atoms with Crippen molar-refractivity contribution in [3.05, 3.63) is 56.9 Å². The molecule has 2 aliphatic rings. The van der Waals surface area contributed by atoms with Crippen LogP contribution < -0.4 is 0 Å². The fourth-order valence-corrected chi connectivity index (χ4v) is 4.55. The van der Waals surface area contributed by atoms with Gasteiger partial charge in [-0.2, -0.15) is 0 Å². The summed E-state index contributed by atoms with van der Waals surface area (Å²) < 4.78 is 0. The van der Waals surface area contributed by atoms with Crippen LogP contribution in [0, 0.1) is 0 Å². The topological polar surface area (TPSA) is 76.6 Å². The van der Waals surface area contributed by atoms with E-state index in [1.165, 1.54) is 0 Å². The van der Waals surface area contributed by atoms with Crippen molar-refractivity contribution in [2.24, 2.45) is 0 Å². The second kappa shape index (κ2) is 6.59. The van der Waals surface area contributed by atoms with Crippen LogP contribution in [0.2, 0.25) is 10.0 Å². The molecule has 1 amide bonds. The number of hydrogen-bond acceptors (Lipinski definition) is 3. The highest BCUT2D eigenvalue weighted by molar-refractivity contribution is 6.45. The zero-order valence-corrected chi connectivity index (χ0v) is 16.4. The van der Waals surface area contributed by atoms with Crippen LogP contribution in [0.5, 0.6) is 0 Å². The number of halogens is 2. The van der Waals surface area contributed by atoms with Crippen molar-refractivity contribution in [2.45, 2.75) is 31.7 Å². The number of hydrogen-bond donors (Lipinski definition) is 3. The molecule has 0 fully saturated rings. The van der Waals surface area contributed by atoms with Crippen molar-refractivity contribution in [2.75, 3.05) is 13.2 Å². The summed E-state index contributed by atoms with van der Waals surface area (Å²) in [6.45, 7) is 2.49. The first-order valence-corrected chi connectivity index (χ1v) is 9.58. The molecule has 2 heterocycles. The lowest BCUT2D eigenvalue weighted by Gasteiger charge is -2.31. The van der Waals surface area contributed by atoms with Gasteiger partial charge in [0.05, 0.1) is 15.6 Å². The maximum absolute atomic E-state index is 12.0. The molecule has 1 aliphatic heterocycles. The van der Waals surface area contributed by atoms with Gasteiger partial charge < -0.3 is 20.1 Å². The fourth-order valence-electron chi connectivity index (χ4n) is 4.15. The number of carbonyl (C=O) groups is 1. The molecule has 0 saturated heterocycles. The molecule has 142 valence electrons. The van der Waals surface area contributed by atoms with Crippen molar-refractivity contribution in [1.82, 2.24) is 9.88 Å². The molecule has 0 saturated carbocycles. The van der Waals surface area contributed by atoms with E-state index < -0.39 is 12.0 Å². The summed E-state index contributed by atoms with van der Waals surface area (Å²) in [5, 5.41) is 21.1. The van der Waals surface area contributed by atoms with Crippen LogP contribution in [0.25, 0.3) is 10.9 Å². The summed E-state index contributed by atoms with van der Waals surface area (Å²) in [4.78, 5) is 17.1. The molecule has 3 N–H and O–H groups in total. The van der Waals surface area contributed by atoms with Gasteiger partial charge in [-0.3, -0.25) is 4.79 Å². The average Bonchev–Trinajstić information content (AvgIpc) is 3.02. The lowest BCUT2D eigenvalue weighted by molar-refractivity contribution is -0.135. The number of allylic oxidation sites excluding steroid dienone is 3.